The molecule has 35 heavy (non-hydrogen) atoms. The van der Waals surface area contributed by atoms with Gasteiger partial charge in [0.15, 0.2) is 0 Å². The predicted octanol–water partition coefficient (Wildman–Crippen LogP) is 4.80. The number of aryl methyl sites for hydroxylation is 2. The van der Waals surface area contributed by atoms with Crippen molar-refractivity contribution in [3.63, 3.8) is 0 Å². The number of ether oxygens (including phenoxy) is 1. The van der Waals surface area contributed by atoms with Crippen molar-refractivity contribution < 1.29 is 9.53 Å². The number of benzene rings is 3. The van der Waals surface area contributed by atoms with E-state index in [9.17, 15) is 4.79 Å². The number of anilines is 2. The summed E-state index contributed by atoms with van der Waals surface area (Å²) in [4.78, 5) is 13.4. The summed E-state index contributed by atoms with van der Waals surface area (Å²) in [5, 5.41) is 18.2. The van der Waals surface area contributed by atoms with E-state index in [2.05, 4.69) is 57.3 Å². The summed E-state index contributed by atoms with van der Waals surface area (Å²) in [5.41, 5.74) is 6.23. The second-order valence-electron chi connectivity index (χ2n) is 8.68. The van der Waals surface area contributed by atoms with Crippen LogP contribution < -0.4 is 15.4 Å². The summed E-state index contributed by atoms with van der Waals surface area (Å²) in [6.45, 7) is 6.38. The van der Waals surface area contributed by atoms with Crippen molar-refractivity contribution >= 4 is 17.5 Å². The Morgan fingerprint density at radius 2 is 1.77 bits per heavy atom. The lowest BCUT2D eigenvalue weighted by Crippen LogP contribution is -2.31. The van der Waals surface area contributed by atoms with E-state index < -0.39 is 6.04 Å². The molecule has 2 heterocycles. The Labute approximate surface area is 203 Å². The average Bonchev–Trinajstić information content (AvgIpc) is 3.31. The highest BCUT2D eigenvalue weighted by molar-refractivity contribution is 6.06. The molecule has 2 N–H and O–H groups in total. The number of carbonyl (C=O) groups excluding carboxylic acids is 1. The number of allylic oxidation sites excluding steroid dienone is 1. The number of aromatic nitrogens is 4. The van der Waals surface area contributed by atoms with E-state index in [0.29, 0.717) is 23.8 Å². The molecule has 1 aromatic heterocycles. The van der Waals surface area contributed by atoms with Gasteiger partial charge in [0, 0.05) is 11.4 Å². The van der Waals surface area contributed by atoms with Crippen LogP contribution in [-0.4, -0.2) is 26.1 Å². The zero-order valence-corrected chi connectivity index (χ0v) is 19.8. The molecule has 1 unspecified atom stereocenters. The molecule has 0 fully saturated rings. The summed E-state index contributed by atoms with van der Waals surface area (Å²) in [6, 6.07) is 23.2. The molecule has 5 rings (SSSR count). The first-order valence-electron chi connectivity index (χ1n) is 11.4. The van der Waals surface area contributed by atoms with Gasteiger partial charge in [-0.1, -0.05) is 59.2 Å². The molecule has 1 aliphatic rings. The van der Waals surface area contributed by atoms with E-state index in [1.165, 1.54) is 5.56 Å². The second kappa shape index (κ2) is 9.42. The summed E-state index contributed by atoms with van der Waals surface area (Å²) in [6.07, 6.45) is 0. The van der Waals surface area contributed by atoms with E-state index in [1.54, 1.807) is 4.68 Å². The van der Waals surface area contributed by atoms with Crippen molar-refractivity contribution in [2.75, 3.05) is 10.6 Å². The molecule has 176 valence electrons. The maximum Gasteiger partial charge on any atom is 0.255 e. The van der Waals surface area contributed by atoms with Gasteiger partial charge in [0.25, 0.3) is 5.91 Å². The van der Waals surface area contributed by atoms with Gasteiger partial charge in [-0.25, -0.2) is 0 Å². The molecule has 8 heteroatoms. The number of amides is 1. The molecule has 8 nitrogen and oxygen atoms in total. The predicted molar refractivity (Wildman–Crippen MR) is 134 cm³/mol. The van der Waals surface area contributed by atoms with E-state index >= 15 is 0 Å². The maximum absolute atomic E-state index is 13.4. The van der Waals surface area contributed by atoms with E-state index in [1.807, 2.05) is 62.4 Å². The van der Waals surface area contributed by atoms with Gasteiger partial charge in [-0.2, -0.15) is 4.68 Å². The molecular formula is C27H26N6O2. The van der Waals surface area contributed by atoms with Gasteiger partial charge in [0.05, 0.1) is 5.57 Å². The van der Waals surface area contributed by atoms with Crippen molar-refractivity contribution in [1.82, 2.24) is 20.2 Å². The van der Waals surface area contributed by atoms with Crippen molar-refractivity contribution in [3.05, 3.63) is 106 Å². The summed E-state index contributed by atoms with van der Waals surface area (Å²) >= 11 is 0. The number of nitrogens with zero attached hydrogens (tertiary/aromatic N) is 4. The first-order valence-corrected chi connectivity index (χ1v) is 11.4. The van der Waals surface area contributed by atoms with Crippen molar-refractivity contribution in [2.24, 2.45) is 0 Å². The SMILES string of the molecule is CC1=C(C(=O)Nc2cccc(C)c2)C(c2ccc(OCc3ccc(C)cc3)cc2)n2nnnc2N1. The summed E-state index contributed by atoms with van der Waals surface area (Å²) in [7, 11) is 0. The van der Waals surface area contributed by atoms with Gasteiger partial charge in [-0.15, -0.1) is 0 Å². The number of rotatable bonds is 6. The molecule has 0 radical (unpaired) electrons. The molecule has 0 aliphatic carbocycles. The molecule has 3 aromatic carbocycles. The standard InChI is InChI=1S/C27H26N6O2/c1-17-7-9-20(10-8-17)16-35-23-13-11-21(12-14-23)25-24(19(3)28-27-30-31-32-33(25)27)26(34)29-22-6-4-5-18(2)15-22/h4-15,25H,16H2,1-3H3,(H,29,34)(H,28,30,32). The molecular weight excluding hydrogens is 440 g/mol. The van der Waals surface area contributed by atoms with E-state index in [0.717, 1.165) is 28.1 Å². The van der Waals surface area contributed by atoms with Crippen LogP contribution in [0.25, 0.3) is 0 Å². The number of hydrogen-bond donors (Lipinski definition) is 2. The van der Waals surface area contributed by atoms with Crippen LogP contribution in [0, 0.1) is 13.8 Å². The average molecular weight is 467 g/mol. The summed E-state index contributed by atoms with van der Waals surface area (Å²) in [5.74, 6) is 1.01. The summed E-state index contributed by atoms with van der Waals surface area (Å²) < 4.78 is 7.59. The fourth-order valence-corrected chi connectivity index (χ4v) is 4.13. The Balaban J connectivity index is 1.40. The third-order valence-corrected chi connectivity index (χ3v) is 5.96. The minimum atomic E-state index is -0.489. The molecule has 1 aliphatic heterocycles. The first-order chi connectivity index (χ1) is 17.0. The molecule has 0 saturated heterocycles. The van der Waals surface area contributed by atoms with E-state index in [4.69, 9.17) is 4.74 Å². The van der Waals surface area contributed by atoms with Crippen LogP contribution in [0.1, 0.15) is 35.2 Å². The minimum Gasteiger partial charge on any atom is -0.489 e. The number of fused-ring (bicyclic) bond motifs is 1. The van der Waals surface area contributed by atoms with Crippen LogP contribution in [0.3, 0.4) is 0 Å². The van der Waals surface area contributed by atoms with Gasteiger partial charge in [-0.05, 0) is 72.2 Å². The van der Waals surface area contributed by atoms with Gasteiger partial charge in [0.2, 0.25) is 5.95 Å². The first kappa shape index (κ1) is 22.3. The fraction of sp³-hybridized carbons (Fsp3) is 0.185. The van der Waals surface area contributed by atoms with Crippen molar-refractivity contribution in [3.8, 4) is 5.75 Å². The number of carbonyl (C=O) groups is 1. The van der Waals surface area contributed by atoms with Crippen LogP contribution in [0.2, 0.25) is 0 Å². The van der Waals surface area contributed by atoms with Crippen LogP contribution in [0.15, 0.2) is 84.1 Å². The molecule has 0 spiro atoms. The van der Waals surface area contributed by atoms with Crippen molar-refractivity contribution in [1.29, 1.82) is 0 Å². The van der Waals surface area contributed by atoms with Gasteiger partial charge in [0.1, 0.15) is 18.4 Å². The zero-order chi connectivity index (χ0) is 24.4. The molecule has 0 bridgehead atoms. The maximum atomic E-state index is 13.4. The quantitative estimate of drug-likeness (QED) is 0.424. The number of tetrazole rings is 1. The largest absolute Gasteiger partial charge is 0.489 e. The van der Waals surface area contributed by atoms with Crippen LogP contribution in [0.5, 0.6) is 5.75 Å². The number of hydrogen-bond acceptors (Lipinski definition) is 6. The Hall–Kier alpha value is -4.46. The normalized spacial score (nSPS) is 14.8. The Morgan fingerprint density at radius 3 is 2.51 bits per heavy atom. The lowest BCUT2D eigenvalue weighted by molar-refractivity contribution is -0.113. The number of nitrogens with one attached hydrogen (secondary N) is 2. The van der Waals surface area contributed by atoms with Gasteiger partial charge >= 0.3 is 0 Å². The Kier molecular flexibility index (Phi) is 6.01. The third-order valence-electron chi connectivity index (χ3n) is 5.96. The van der Waals surface area contributed by atoms with E-state index in [-0.39, 0.29) is 5.91 Å². The lowest BCUT2D eigenvalue weighted by Gasteiger charge is -2.28. The highest BCUT2D eigenvalue weighted by Crippen LogP contribution is 2.35. The van der Waals surface area contributed by atoms with Crippen LogP contribution in [-0.2, 0) is 11.4 Å². The highest BCUT2D eigenvalue weighted by atomic mass is 16.5. The fourth-order valence-electron chi connectivity index (χ4n) is 4.13. The Bertz CT molecular complexity index is 1390. The smallest absolute Gasteiger partial charge is 0.255 e. The second-order valence-corrected chi connectivity index (χ2v) is 8.68. The molecule has 1 atom stereocenters. The lowest BCUT2D eigenvalue weighted by atomic mass is 9.95. The molecule has 0 saturated carbocycles. The van der Waals surface area contributed by atoms with Gasteiger partial charge < -0.3 is 15.4 Å². The van der Waals surface area contributed by atoms with Gasteiger partial charge in [-0.3, -0.25) is 4.79 Å². The van der Waals surface area contributed by atoms with Crippen LogP contribution in [0.4, 0.5) is 11.6 Å². The third kappa shape index (κ3) is 4.77. The minimum absolute atomic E-state index is 0.216. The monoisotopic (exact) mass is 466 g/mol. The van der Waals surface area contributed by atoms with Crippen LogP contribution >= 0.6 is 0 Å². The topological polar surface area (TPSA) is 94.0 Å². The molecule has 1 amide bonds. The van der Waals surface area contributed by atoms with Crippen molar-refractivity contribution in [2.45, 2.75) is 33.4 Å². The Morgan fingerprint density at radius 1 is 1.00 bits per heavy atom. The molecule has 4 aromatic rings. The zero-order valence-electron chi connectivity index (χ0n) is 19.8. The highest BCUT2D eigenvalue weighted by Gasteiger charge is 2.34.